The van der Waals surface area contributed by atoms with Crippen molar-refractivity contribution in [2.75, 3.05) is 19.8 Å². The van der Waals surface area contributed by atoms with Crippen molar-refractivity contribution in [2.45, 2.75) is 19.4 Å². The summed E-state index contributed by atoms with van der Waals surface area (Å²) >= 11 is 0. The molecule has 22 heavy (non-hydrogen) atoms. The molecule has 1 amide bonds. The van der Waals surface area contributed by atoms with Crippen LogP contribution in [0.15, 0.2) is 42.6 Å². The van der Waals surface area contributed by atoms with Crippen molar-refractivity contribution in [3.8, 4) is 0 Å². The molecule has 4 nitrogen and oxygen atoms in total. The monoisotopic (exact) mass is 296 g/mol. The average Bonchev–Trinajstić information content (AvgIpc) is 2.52. The quantitative estimate of drug-likeness (QED) is 0.800. The molecular formula is C18H20N2O2. The molecule has 0 bridgehead atoms. The van der Waals surface area contributed by atoms with Crippen LogP contribution in [0.3, 0.4) is 0 Å². The maximum Gasteiger partial charge on any atom is 0.247 e. The number of fused-ring (bicyclic) bond motifs is 1. The van der Waals surface area contributed by atoms with E-state index in [-0.39, 0.29) is 11.4 Å². The summed E-state index contributed by atoms with van der Waals surface area (Å²) in [6, 6.07) is 9.86. The number of para-hydroxylation sites is 1. The molecule has 0 spiro atoms. The molecule has 0 N–H and O–H groups in total. The van der Waals surface area contributed by atoms with Crippen molar-refractivity contribution in [3.63, 3.8) is 0 Å². The Kier molecular flexibility index (Phi) is 3.94. The van der Waals surface area contributed by atoms with Gasteiger partial charge in [-0.05, 0) is 37.6 Å². The number of carbonyl (C=O) groups is 1. The third-order valence-corrected chi connectivity index (χ3v) is 4.00. The number of carbonyl (C=O) groups excluding carboxylic acids is 1. The first kappa shape index (κ1) is 14.7. The van der Waals surface area contributed by atoms with E-state index in [0.29, 0.717) is 19.8 Å². The Bertz CT molecular complexity index is 717. The molecule has 3 rings (SSSR count). The summed E-state index contributed by atoms with van der Waals surface area (Å²) in [5, 5.41) is 1.05. The van der Waals surface area contributed by atoms with Gasteiger partial charge in [-0.3, -0.25) is 9.78 Å². The summed E-state index contributed by atoms with van der Waals surface area (Å²) in [7, 11) is 0. The van der Waals surface area contributed by atoms with Gasteiger partial charge in [-0.1, -0.05) is 18.2 Å². The molecule has 1 fully saturated rings. The highest BCUT2D eigenvalue weighted by atomic mass is 16.5. The molecule has 1 aliphatic heterocycles. The number of hydrogen-bond acceptors (Lipinski definition) is 3. The molecule has 1 aliphatic rings. The number of ether oxygens (including phenoxy) is 1. The minimum Gasteiger partial charge on any atom is -0.377 e. The summed E-state index contributed by atoms with van der Waals surface area (Å²) in [5.74, 6) is 0.0224. The van der Waals surface area contributed by atoms with Gasteiger partial charge in [0, 0.05) is 24.2 Å². The van der Waals surface area contributed by atoms with E-state index in [1.54, 1.807) is 12.3 Å². The Morgan fingerprint density at radius 2 is 2.14 bits per heavy atom. The number of amides is 1. The first-order valence-electron chi connectivity index (χ1n) is 7.49. The molecule has 1 saturated heterocycles. The van der Waals surface area contributed by atoms with Crippen LogP contribution >= 0.6 is 0 Å². The minimum absolute atomic E-state index is 0.0224. The Balaban J connectivity index is 1.85. The predicted molar refractivity (Wildman–Crippen MR) is 87.4 cm³/mol. The predicted octanol–water partition coefficient (Wildman–Crippen LogP) is 2.89. The van der Waals surface area contributed by atoms with E-state index in [4.69, 9.17) is 4.74 Å². The van der Waals surface area contributed by atoms with Crippen molar-refractivity contribution in [1.29, 1.82) is 0 Å². The van der Waals surface area contributed by atoms with E-state index < -0.39 is 0 Å². The summed E-state index contributed by atoms with van der Waals surface area (Å²) in [6.07, 6.45) is 5.29. The standard InChI is InChI=1S/C18H20N2O2/c1-18(2)13-22-12-11-20(18)17(21)8-7-14-9-10-19-16-6-4-3-5-15(14)16/h3-10H,11-13H2,1-2H3/b8-7+. The first-order chi connectivity index (χ1) is 10.6. The third-order valence-electron chi connectivity index (χ3n) is 4.00. The second-order valence-electron chi connectivity index (χ2n) is 6.11. The first-order valence-corrected chi connectivity index (χ1v) is 7.49. The number of hydrogen-bond donors (Lipinski definition) is 0. The van der Waals surface area contributed by atoms with E-state index >= 15 is 0 Å². The Hall–Kier alpha value is -2.20. The molecule has 2 heterocycles. The fourth-order valence-corrected chi connectivity index (χ4v) is 2.78. The van der Waals surface area contributed by atoms with Crippen LogP contribution in [0.2, 0.25) is 0 Å². The van der Waals surface area contributed by atoms with Gasteiger partial charge < -0.3 is 9.64 Å². The number of aromatic nitrogens is 1. The van der Waals surface area contributed by atoms with Gasteiger partial charge >= 0.3 is 0 Å². The van der Waals surface area contributed by atoms with Crippen LogP contribution in [-0.2, 0) is 9.53 Å². The second kappa shape index (κ2) is 5.89. The summed E-state index contributed by atoms with van der Waals surface area (Å²) in [4.78, 5) is 18.7. The number of benzene rings is 1. The van der Waals surface area contributed by atoms with Gasteiger partial charge in [0.05, 0.1) is 24.3 Å². The second-order valence-corrected chi connectivity index (χ2v) is 6.11. The van der Waals surface area contributed by atoms with E-state index in [1.165, 1.54) is 0 Å². The maximum absolute atomic E-state index is 12.5. The van der Waals surface area contributed by atoms with Gasteiger partial charge in [-0.15, -0.1) is 0 Å². The SMILES string of the molecule is CC1(C)COCCN1C(=O)/C=C/c1ccnc2ccccc12. The molecule has 0 unspecified atom stereocenters. The number of pyridine rings is 1. The Morgan fingerprint density at radius 1 is 1.32 bits per heavy atom. The number of nitrogens with zero attached hydrogens (tertiary/aromatic N) is 2. The third kappa shape index (κ3) is 2.88. The normalized spacial score (nSPS) is 18.0. The van der Waals surface area contributed by atoms with Gasteiger partial charge in [0.25, 0.3) is 0 Å². The zero-order chi connectivity index (χ0) is 15.6. The van der Waals surface area contributed by atoms with Crippen molar-refractivity contribution in [1.82, 2.24) is 9.88 Å². The fourth-order valence-electron chi connectivity index (χ4n) is 2.78. The molecule has 2 aromatic rings. The van der Waals surface area contributed by atoms with Crippen molar-refractivity contribution in [3.05, 3.63) is 48.2 Å². The molecule has 0 aliphatic carbocycles. The Labute approximate surface area is 130 Å². The molecule has 4 heteroatoms. The summed E-state index contributed by atoms with van der Waals surface area (Å²) < 4.78 is 5.46. The lowest BCUT2D eigenvalue weighted by Gasteiger charge is -2.41. The van der Waals surface area contributed by atoms with Crippen LogP contribution in [0.25, 0.3) is 17.0 Å². The molecule has 1 aromatic carbocycles. The number of rotatable bonds is 2. The molecule has 114 valence electrons. The Morgan fingerprint density at radius 3 is 2.95 bits per heavy atom. The van der Waals surface area contributed by atoms with Crippen LogP contribution in [0, 0.1) is 0 Å². The minimum atomic E-state index is -0.264. The smallest absolute Gasteiger partial charge is 0.247 e. The van der Waals surface area contributed by atoms with Crippen LogP contribution < -0.4 is 0 Å². The highest BCUT2D eigenvalue weighted by Crippen LogP contribution is 2.21. The van der Waals surface area contributed by atoms with E-state index in [9.17, 15) is 4.79 Å². The topological polar surface area (TPSA) is 42.4 Å². The summed E-state index contributed by atoms with van der Waals surface area (Å²) in [5.41, 5.74) is 1.67. The van der Waals surface area contributed by atoms with E-state index in [0.717, 1.165) is 16.5 Å². The molecule has 0 radical (unpaired) electrons. The highest BCUT2D eigenvalue weighted by molar-refractivity contribution is 5.96. The van der Waals surface area contributed by atoms with Gasteiger partial charge in [-0.25, -0.2) is 0 Å². The largest absolute Gasteiger partial charge is 0.377 e. The van der Waals surface area contributed by atoms with Crippen molar-refractivity contribution >= 4 is 22.9 Å². The highest BCUT2D eigenvalue weighted by Gasteiger charge is 2.32. The lowest BCUT2D eigenvalue weighted by Crippen LogP contribution is -2.55. The molecule has 1 aromatic heterocycles. The molecule has 0 saturated carbocycles. The average molecular weight is 296 g/mol. The lowest BCUT2D eigenvalue weighted by atomic mass is 10.0. The fraction of sp³-hybridized carbons (Fsp3) is 0.333. The zero-order valence-electron chi connectivity index (χ0n) is 13.0. The van der Waals surface area contributed by atoms with Gasteiger partial charge in [0.2, 0.25) is 5.91 Å². The van der Waals surface area contributed by atoms with Crippen LogP contribution in [0.4, 0.5) is 0 Å². The van der Waals surface area contributed by atoms with E-state index in [1.807, 2.05) is 55.2 Å². The lowest BCUT2D eigenvalue weighted by molar-refractivity contribution is -0.140. The van der Waals surface area contributed by atoms with Crippen LogP contribution in [-0.4, -0.2) is 41.1 Å². The van der Waals surface area contributed by atoms with Crippen molar-refractivity contribution < 1.29 is 9.53 Å². The van der Waals surface area contributed by atoms with Gasteiger partial charge in [0.15, 0.2) is 0 Å². The van der Waals surface area contributed by atoms with Gasteiger partial charge in [-0.2, -0.15) is 0 Å². The van der Waals surface area contributed by atoms with Crippen LogP contribution in [0.1, 0.15) is 19.4 Å². The summed E-state index contributed by atoms with van der Waals surface area (Å²) in [6.45, 7) is 5.86. The zero-order valence-corrected chi connectivity index (χ0v) is 13.0. The van der Waals surface area contributed by atoms with Crippen LogP contribution in [0.5, 0.6) is 0 Å². The molecule has 0 atom stereocenters. The number of morpholine rings is 1. The van der Waals surface area contributed by atoms with Gasteiger partial charge in [0.1, 0.15) is 0 Å². The molecular weight excluding hydrogens is 276 g/mol. The van der Waals surface area contributed by atoms with Crippen molar-refractivity contribution in [2.24, 2.45) is 0 Å². The maximum atomic E-state index is 12.5. The van der Waals surface area contributed by atoms with E-state index in [2.05, 4.69) is 4.98 Å².